The fourth-order valence-corrected chi connectivity index (χ4v) is 3.71. The summed E-state index contributed by atoms with van der Waals surface area (Å²) in [6.45, 7) is 2.48. The van der Waals surface area contributed by atoms with Crippen molar-refractivity contribution in [3.63, 3.8) is 0 Å². The summed E-state index contributed by atoms with van der Waals surface area (Å²) in [5.74, 6) is 0.00782. The van der Waals surface area contributed by atoms with Crippen molar-refractivity contribution in [1.82, 2.24) is 29.9 Å². The van der Waals surface area contributed by atoms with Crippen molar-refractivity contribution in [2.45, 2.75) is 20.1 Å². The summed E-state index contributed by atoms with van der Waals surface area (Å²) in [7, 11) is 0. The van der Waals surface area contributed by atoms with E-state index in [-0.39, 0.29) is 16.7 Å². The Balaban J connectivity index is 0.000000180. The largest absolute Gasteiger partial charge is 0.392 e. The Hall–Kier alpha value is -3.79. The van der Waals surface area contributed by atoms with Crippen LogP contribution in [-0.2, 0) is 13.2 Å². The molecule has 5 aromatic rings. The van der Waals surface area contributed by atoms with Gasteiger partial charge in [-0.15, -0.1) is 0 Å². The van der Waals surface area contributed by atoms with Gasteiger partial charge >= 0.3 is 0 Å². The molecule has 0 aliphatic heterocycles. The van der Waals surface area contributed by atoms with Gasteiger partial charge in [0.2, 0.25) is 0 Å². The molecule has 0 radical (unpaired) electrons. The molecule has 0 bridgehead atoms. The van der Waals surface area contributed by atoms with Gasteiger partial charge in [0.1, 0.15) is 17.5 Å². The number of aliphatic hydroxyl groups is 1. The lowest BCUT2D eigenvalue weighted by Gasteiger charge is -2.07. The summed E-state index contributed by atoms with van der Waals surface area (Å²) in [6, 6.07) is 12.4. The second kappa shape index (κ2) is 12.0. The Morgan fingerprint density at radius 3 is 1.84 bits per heavy atom. The first-order valence-corrected chi connectivity index (χ1v) is 11.7. The molecule has 3 aromatic heterocycles. The minimum Gasteiger partial charge on any atom is -0.392 e. The van der Waals surface area contributed by atoms with Gasteiger partial charge in [-0.2, -0.15) is 20.4 Å². The van der Waals surface area contributed by atoms with E-state index in [2.05, 4.69) is 25.4 Å². The Morgan fingerprint density at radius 2 is 1.35 bits per heavy atom. The van der Waals surface area contributed by atoms with E-state index < -0.39 is 11.6 Å². The predicted molar refractivity (Wildman–Crippen MR) is 137 cm³/mol. The second-order valence-corrected chi connectivity index (χ2v) is 8.73. The van der Waals surface area contributed by atoms with Crippen LogP contribution in [0.15, 0.2) is 73.3 Å². The standard InChI is InChI=1S/C15H12ClFN4.C11H8ClFN2O/c1-10-18-4-5-21(10)9-11-6-15(20-19-8-11)12-2-3-14(17)13(16)7-12;12-9-4-8(1-2-10(9)13)11-3-7(6-16)5-14-15-11/h2-8H,9H2,1H3;1-5,16H,6H2. The van der Waals surface area contributed by atoms with Gasteiger partial charge in [0.25, 0.3) is 0 Å². The number of benzene rings is 2. The van der Waals surface area contributed by atoms with Gasteiger partial charge in [-0.05, 0) is 66.6 Å². The number of rotatable bonds is 5. The molecular formula is C26H20Cl2F2N6O. The molecule has 0 aliphatic carbocycles. The van der Waals surface area contributed by atoms with Gasteiger partial charge in [-0.25, -0.2) is 13.8 Å². The Kier molecular flexibility index (Phi) is 8.50. The van der Waals surface area contributed by atoms with E-state index in [0.29, 0.717) is 29.1 Å². The first kappa shape index (κ1) is 26.3. The molecule has 0 spiro atoms. The van der Waals surface area contributed by atoms with Crippen molar-refractivity contribution in [2.75, 3.05) is 0 Å². The molecule has 188 valence electrons. The third-order valence-electron chi connectivity index (χ3n) is 5.31. The third kappa shape index (κ3) is 6.71. The summed E-state index contributed by atoms with van der Waals surface area (Å²) >= 11 is 11.5. The lowest BCUT2D eigenvalue weighted by Crippen LogP contribution is -2.02. The number of aromatic nitrogens is 6. The summed E-state index contributed by atoms with van der Waals surface area (Å²) in [5, 5.41) is 24.8. The summed E-state index contributed by atoms with van der Waals surface area (Å²) in [4.78, 5) is 4.18. The number of hydrogen-bond donors (Lipinski definition) is 1. The Morgan fingerprint density at radius 1 is 0.811 bits per heavy atom. The molecule has 0 aliphatic rings. The minimum atomic E-state index is -0.475. The van der Waals surface area contributed by atoms with E-state index in [4.69, 9.17) is 28.3 Å². The first-order chi connectivity index (χ1) is 17.8. The maximum Gasteiger partial charge on any atom is 0.141 e. The maximum atomic E-state index is 13.2. The van der Waals surface area contributed by atoms with Crippen molar-refractivity contribution in [2.24, 2.45) is 0 Å². The quantitative estimate of drug-likeness (QED) is 0.297. The number of nitrogens with zero attached hydrogens (tertiary/aromatic N) is 6. The zero-order chi connectivity index (χ0) is 26.4. The molecule has 37 heavy (non-hydrogen) atoms. The van der Waals surface area contributed by atoms with Gasteiger partial charge in [-0.1, -0.05) is 23.2 Å². The highest BCUT2D eigenvalue weighted by atomic mass is 35.5. The van der Waals surface area contributed by atoms with Gasteiger partial charge < -0.3 is 9.67 Å². The van der Waals surface area contributed by atoms with Gasteiger partial charge in [0.15, 0.2) is 0 Å². The monoisotopic (exact) mass is 540 g/mol. The molecule has 7 nitrogen and oxygen atoms in total. The minimum absolute atomic E-state index is 0.0358. The molecule has 0 amide bonds. The smallest absolute Gasteiger partial charge is 0.141 e. The van der Waals surface area contributed by atoms with Crippen LogP contribution < -0.4 is 0 Å². The number of hydrogen-bond acceptors (Lipinski definition) is 6. The molecule has 5 rings (SSSR count). The highest BCUT2D eigenvalue weighted by Gasteiger charge is 2.08. The average molecular weight is 541 g/mol. The molecule has 3 heterocycles. The summed E-state index contributed by atoms with van der Waals surface area (Å²) < 4.78 is 28.2. The fraction of sp³-hybridized carbons (Fsp3) is 0.115. The van der Waals surface area contributed by atoms with Crippen molar-refractivity contribution in [3.8, 4) is 22.5 Å². The van der Waals surface area contributed by atoms with Crippen LogP contribution in [0.1, 0.15) is 17.0 Å². The Labute approximate surface area is 221 Å². The summed E-state index contributed by atoms with van der Waals surface area (Å²) in [5.41, 5.74) is 4.24. The van der Waals surface area contributed by atoms with E-state index in [1.807, 2.05) is 23.8 Å². The van der Waals surface area contributed by atoms with Crippen molar-refractivity contribution < 1.29 is 13.9 Å². The van der Waals surface area contributed by atoms with E-state index in [0.717, 1.165) is 17.0 Å². The van der Waals surface area contributed by atoms with E-state index in [1.165, 1.54) is 24.4 Å². The van der Waals surface area contributed by atoms with E-state index in [9.17, 15) is 8.78 Å². The molecule has 0 saturated carbocycles. The second-order valence-electron chi connectivity index (χ2n) is 7.92. The van der Waals surface area contributed by atoms with Crippen LogP contribution in [0.25, 0.3) is 22.5 Å². The molecule has 11 heteroatoms. The van der Waals surface area contributed by atoms with Crippen LogP contribution >= 0.6 is 23.2 Å². The van der Waals surface area contributed by atoms with E-state index in [1.54, 1.807) is 36.7 Å². The number of imidazole rings is 1. The molecule has 0 saturated heterocycles. The average Bonchev–Trinajstić information content (AvgIpc) is 3.32. The first-order valence-electron chi connectivity index (χ1n) is 11.0. The number of halogens is 4. The van der Waals surface area contributed by atoms with Crippen LogP contribution in [-0.4, -0.2) is 35.1 Å². The van der Waals surface area contributed by atoms with Gasteiger partial charge in [-0.3, -0.25) is 0 Å². The normalized spacial score (nSPS) is 10.6. The predicted octanol–water partition coefficient (Wildman–Crippen LogP) is 5.92. The van der Waals surface area contributed by atoms with Crippen LogP contribution in [0.2, 0.25) is 10.0 Å². The van der Waals surface area contributed by atoms with Crippen LogP contribution in [0, 0.1) is 18.6 Å². The van der Waals surface area contributed by atoms with Crippen LogP contribution in [0.3, 0.4) is 0 Å². The highest BCUT2D eigenvalue weighted by molar-refractivity contribution is 6.31. The van der Waals surface area contributed by atoms with Crippen molar-refractivity contribution in [3.05, 3.63) is 112 Å². The Bertz CT molecular complexity index is 1530. The molecule has 0 fully saturated rings. The molecule has 2 aromatic carbocycles. The number of aliphatic hydroxyl groups excluding tert-OH is 1. The molecular weight excluding hydrogens is 521 g/mol. The lowest BCUT2D eigenvalue weighted by molar-refractivity contribution is 0.281. The zero-order valence-corrected chi connectivity index (χ0v) is 21.0. The lowest BCUT2D eigenvalue weighted by atomic mass is 10.1. The molecule has 1 N–H and O–H groups in total. The highest BCUT2D eigenvalue weighted by Crippen LogP contribution is 2.25. The number of aryl methyl sites for hydroxylation is 1. The van der Waals surface area contributed by atoms with Gasteiger partial charge in [0.05, 0.1) is 47.0 Å². The van der Waals surface area contributed by atoms with E-state index >= 15 is 0 Å². The topological polar surface area (TPSA) is 89.6 Å². The van der Waals surface area contributed by atoms with Crippen LogP contribution in [0.5, 0.6) is 0 Å². The molecule has 0 atom stereocenters. The fourth-order valence-electron chi connectivity index (χ4n) is 3.35. The summed E-state index contributed by atoms with van der Waals surface area (Å²) in [6.07, 6.45) is 6.83. The molecule has 0 unspecified atom stereocenters. The van der Waals surface area contributed by atoms with Crippen LogP contribution in [0.4, 0.5) is 8.78 Å². The van der Waals surface area contributed by atoms with Crippen molar-refractivity contribution in [1.29, 1.82) is 0 Å². The SMILES string of the molecule is Cc1nccn1Cc1cnnc(-c2ccc(F)c(Cl)c2)c1.OCc1cnnc(-c2ccc(F)c(Cl)c2)c1. The van der Waals surface area contributed by atoms with Gasteiger partial charge in [0, 0.05) is 23.5 Å². The maximum absolute atomic E-state index is 13.2. The zero-order valence-electron chi connectivity index (χ0n) is 19.5. The third-order valence-corrected chi connectivity index (χ3v) is 5.89. The van der Waals surface area contributed by atoms with Crippen molar-refractivity contribution >= 4 is 23.2 Å².